The average Bonchev–Trinajstić information content (AvgIpc) is 0.847. The van der Waals surface area contributed by atoms with Gasteiger partial charge < -0.3 is 151 Å². The monoisotopic (exact) mass is 2190 g/mol. The fourth-order valence-electron chi connectivity index (χ4n) is 10.5. The molecular weight excluding hydrogens is 2030 g/mol. The highest BCUT2D eigenvalue weighted by Gasteiger charge is 2.42. The number of carbonyl (C=O) groups is 6. The lowest BCUT2D eigenvalue weighted by atomic mass is 9.97. The third-order valence-corrected chi connectivity index (χ3v) is 43.4. The number of ketones is 2. The Morgan fingerprint density at radius 2 is 0.522 bits per heavy atom. The summed E-state index contributed by atoms with van der Waals surface area (Å²) in [6, 6.07) is 18.9. The summed E-state index contributed by atoms with van der Waals surface area (Å²) < 4.78 is 190. The van der Waals surface area contributed by atoms with Crippen LogP contribution in [-0.4, -0.2) is 386 Å². The van der Waals surface area contributed by atoms with E-state index < -0.39 is 100 Å². The zero-order valence-electron chi connectivity index (χ0n) is 88.0. The van der Waals surface area contributed by atoms with Gasteiger partial charge in [0.1, 0.15) is 49.1 Å². The maximum absolute atomic E-state index is 12.0. The number of hydrogen-bond acceptors (Lipinski definition) is 45. The van der Waals surface area contributed by atoms with Crippen LogP contribution in [0.3, 0.4) is 0 Å². The molecule has 0 spiro atoms. The molecule has 0 amide bonds. The fraction of sp³-hybridized carbons (Fsp3) is 0.735. The Balaban J connectivity index is -0.000000243. The molecule has 2 aromatic carbocycles. The molecule has 2 aromatic rings. The number of thioether (sulfide) groups is 2. The molecule has 0 saturated heterocycles. The second-order valence-corrected chi connectivity index (χ2v) is 56.5. The van der Waals surface area contributed by atoms with Crippen LogP contribution in [0.1, 0.15) is 128 Å². The number of benzene rings is 2. The fourth-order valence-corrected chi connectivity index (χ4v) is 25.4. The summed E-state index contributed by atoms with van der Waals surface area (Å²) in [4.78, 5) is 69.7. The highest BCUT2D eigenvalue weighted by atomic mass is 32.2. The number of hydrogen-bond donors (Lipinski definition) is 3. The molecule has 0 aliphatic carbocycles. The molecule has 2 rings (SSSR count). The second kappa shape index (κ2) is 90.3. The lowest BCUT2D eigenvalue weighted by Crippen LogP contribution is -2.42. The van der Waals surface area contributed by atoms with Crippen molar-refractivity contribution in [2.45, 2.75) is 167 Å². The van der Waals surface area contributed by atoms with E-state index >= 15 is 0 Å². The minimum atomic E-state index is -2.53. The summed E-state index contributed by atoms with van der Waals surface area (Å²) in [6.07, 6.45) is 4.59. The molecule has 4 N–H and O–H groups in total. The van der Waals surface area contributed by atoms with Gasteiger partial charge in [-0.1, -0.05) is 33.9 Å². The molecule has 0 aromatic heterocycles. The van der Waals surface area contributed by atoms with Crippen LogP contribution >= 0.6 is 23.5 Å². The topological polar surface area (TPSA) is 514 Å². The molecule has 808 valence electrons. The van der Waals surface area contributed by atoms with E-state index in [1.807, 2.05) is 20.8 Å². The summed E-state index contributed by atoms with van der Waals surface area (Å²) in [5.41, 5.74) is 4.13. The van der Waals surface area contributed by atoms with Crippen molar-refractivity contribution >= 4 is 148 Å². The maximum atomic E-state index is 12.0. The van der Waals surface area contributed by atoms with E-state index in [0.29, 0.717) is 103 Å². The summed E-state index contributed by atoms with van der Waals surface area (Å²) >= 11 is 3.35. The highest BCUT2D eigenvalue weighted by Crippen LogP contribution is 2.25. The third-order valence-electron chi connectivity index (χ3n) is 18.9. The Labute approximate surface area is 842 Å². The van der Waals surface area contributed by atoms with Crippen molar-refractivity contribution in [3.63, 3.8) is 0 Å². The molecule has 0 atom stereocenters. The van der Waals surface area contributed by atoms with Crippen LogP contribution in [0, 0.1) is 0 Å². The molecule has 0 saturated carbocycles. The van der Waals surface area contributed by atoms with Crippen LogP contribution in [0.4, 0.5) is 0 Å². The van der Waals surface area contributed by atoms with E-state index in [2.05, 4.69) is 13.2 Å². The lowest BCUT2D eigenvalue weighted by Gasteiger charge is -2.24. The molecule has 0 heterocycles. The van der Waals surface area contributed by atoms with Gasteiger partial charge in [-0.2, -0.15) is 23.5 Å². The van der Waals surface area contributed by atoms with Gasteiger partial charge in [0.25, 0.3) is 0 Å². The standard InChI is InChI=1S/2C21H34O8SSi.2C10H20O5Si.C6H17NO3Si.3C5H14O3Si.2O2Si/c2*1-21(2,24)20(23)17-7-9-18(10-8-17)28-12-13-29-19(22)11-15-30-14-6-16-31(25-3,26-4)27-5;2*1-9(2)10(11)15-7-6-8-16(12-3,13-4)14-5;1-8-11(9-2,10-3)6-4-5-7;3*1-5-9(6-2,7-3)8-4;2*1-3-2/h2*7-10,24H,6,11-16H2,1-5H3;2*1,6-8H2,2-5H3;4-7H2,1-3H3;3*5H2,1-4H3;;. The molecule has 55 heteroatoms. The highest BCUT2D eigenvalue weighted by molar-refractivity contribution is 7.99. The van der Waals surface area contributed by atoms with E-state index in [-0.39, 0.29) is 61.9 Å². The third kappa shape index (κ3) is 69.7. The second-order valence-electron chi connectivity index (χ2n) is 28.4. The van der Waals surface area contributed by atoms with Crippen LogP contribution in [0.25, 0.3) is 0 Å². The van der Waals surface area contributed by atoms with E-state index in [4.69, 9.17) is 158 Å². The van der Waals surface area contributed by atoms with Gasteiger partial charge in [0.05, 0.1) is 26.1 Å². The first-order valence-corrected chi connectivity index (χ1v) is 62.6. The van der Waals surface area contributed by atoms with Gasteiger partial charge in [0.15, 0.2) is 11.6 Å². The van der Waals surface area contributed by atoms with Crippen molar-refractivity contribution in [2.24, 2.45) is 5.73 Å². The molecule has 0 bridgehead atoms. The Morgan fingerprint density at radius 1 is 0.319 bits per heavy atom. The smallest absolute Gasteiger partial charge is 0.490 e. The quantitative estimate of drug-likeness (QED) is 0.0138. The number of aliphatic hydroxyl groups is 2. The summed E-state index contributed by atoms with van der Waals surface area (Å²) in [7, 11) is 16.4. The molecule has 0 unspecified atom stereocenters. The molecule has 0 fully saturated rings. The zero-order chi connectivity index (χ0) is 108. The van der Waals surface area contributed by atoms with Crippen LogP contribution in [0.2, 0.25) is 48.4 Å². The molecule has 138 heavy (non-hydrogen) atoms. The largest absolute Gasteiger partial charge is 0.549 e. The van der Waals surface area contributed by atoms with Crippen LogP contribution in [0.15, 0.2) is 72.8 Å². The van der Waals surface area contributed by atoms with Gasteiger partial charge in [0, 0.05) is 253 Å². The van der Waals surface area contributed by atoms with Crippen LogP contribution in [0.5, 0.6) is 11.5 Å². The summed E-state index contributed by atoms with van der Waals surface area (Å²) in [5.74, 6) is 2.23. The van der Waals surface area contributed by atoms with Crippen molar-refractivity contribution in [3.8, 4) is 11.5 Å². The first kappa shape index (κ1) is 149. The number of esters is 4. The minimum absolute atomic E-state index is 0.150. The summed E-state index contributed by atoms with van der Waals surface area (Å²) in [5, 5.41) is 19.5. The molecule has 0 aliphatic rings. The van der Waals surface area contributed by atoms with Crippen LogP contribution in [-0.2, 0) is 162 Å². The van der Waals surface area contributed by atoms with Crippen molar-refractivity contribution in [2.75, 3.05) is 240 Å². The van der Waals surface area contributed by atoms with E-state index in [9.17, 15) is 39.0 Å². The van der Waals surface area contributed by atoms with Crippen molar-refractivity contribution in [1.29, 1.82) is 0 Å². The SMILES string of the molecule is C=C(C)C(=O)OCCC[Si](OC)(OC)OC.C=C(C)C(=O)OCCC[Si](OC)(OC)OC.CC[Si](OC)(OC)OC.CC[Si](OC)(OC)OC.CC[Si](OC)(OC)OC.CO[Si](CCCN)(OC)OC.CO[Si](CCCSCCC(=O)OCCOc1ccc(C(=O)C(C)(C)O)cc1)(OC)OC.CO[Si](CCCSCCC(=O)OCCOc1ccc(C(=O)C(C)(C)O)cc1)(OC)OC.O=[Si]=O.O=[Si]=O. The predicted octanol–water partition coefficient (Wildman–Crippen LogP) is 10.3. The number of rotatable bonds is 66. The van der Waals surface area contributed by atoms with Crippen molar-refractivity contribution in [1.82, 2.24) is 0 Å². The zero-order valence-corrected chi connectivity index (χ0v) is 99.7. The van der Waals surface area contributed by atoms with Gasteiger partial charge in [-0.3, -0.25) is 37.0 Å². The first-order chi connectivity index (χ1) is 65.2. The molecule has 43 nitrogen and oxygen atoms in total. The Morgan fingerprint density at radius 3 is 0.696 bits per heavy atom. The van der Waals surface area contributed by atoms with Gasteiger partial charge in [-0.05, 0) is 140 Å². The minimum Gasteiger partial charge on any atom is -0.490 e. The predicted molar refractivity (Wildman–Crippen MR) is 539 cm³/mol. The number of nitrogens with two attached hydrogens (primary N) is 1. The summed E-state index contributed by atoms with van der Waals surface area (Å²) in [6.45, 7) is 24.0. The van der Waals surface area contributed by atoms with E-state index in [0.717, 1.165) is 67.0 Å². The Kier molecular flexibility index (Phi) is 97.5. The molecule has 0 radical (unpaired) electrons. The van der Waals surface area contributed by atoms with E-state index in [1.165, 1.54) is 27.7 Å². The Bertz CT molecular complexity index is 3130. The average molecular weight is 2200 g/mol. The first-order valence-electron chi connectivity index (χ1n) is 43.2. The molecular formula is C83H167NO42S2Si10. The van der Waals surface area contributed by atoms with Gasteiger partial charge in [0.2, 0.25) is 0 Å². The lowest BCUT2D eigenvalue weighted by molar-refractivity contribution is -0.144. The Hall–Kier alpha value is -4.27. The normalized spacial score (nSPS) is 11.4. The number of Topliss-reactive ketones (excluding diaryl/α,β-unsaturated/α-hetero) is 2. The van der Waals surface area contributed by atoms with Gasteiger partial charge >= 0.3 is 113 Å². The van der Waals surface area contributed by atoms with Crippen molar-refractivity contribution in [3.05, 3.63) is 84.0 Å². The maximum Gasteiger partial charge on any atom is 0.549 e. The number of ether oxygens (including phenoxy) is 6. The van der Waals surface area contributed by atoms with Crippen LogP contribution < -0.4 is 15.2 Å². The molecule has 0 aliphatic heterocycles. The van der Waals surface area contributed by atoms with E-state index in [1.54, 1.807) is 257 Å². The van der Waals surface area contributed by atoms with Crippen molar-refractivity contribution < 1.29 is 191 Å². The van der Waals surface area contributed by atoms with Gasteiger partial charge in [-0.25, -0.2) is 9.59 Å². The van der Waals surface area contributed by atoms with Gasteiger partial charge in [-0.15, -0.1) is 0 Å². The number of carbonyl (C=O) groups excluding carboxylic acids is 6.